The monoisotopic (exact) mass is 241 g/mol. The Bertz CT molecular complexity index is 357. The molecule has 0 spiro atoms. The average Bonchev–Trinajstić information content (AvgIpc) is 2.26. The zero-order valence-electron chi connectivity index (χ0n) is 10.4. The highest BCUT2D eigenvalue weighted by Gasteiger charge is 2.20. The SMILES string of the molecule is COc1ccc(C(N)CCl)cc1C(C)(C)C. The first-order chi connectivity index (χ1) is 7.40. The Kier molecular flexibility index (Phi) is 4.22. The van der Waals surface area contributed by atoms with E-state index in [1.165, 1.54) is 0 Å². The second kappa shape index (κ2) is 5.07. The van der Waals surface area contributed by atoms with Crippen LogP contribution >= 0.6 is 11.6 Å². The second-order valence-corrected chi connectivity index (χ2v) is 5.28. The van der Waals surface area contributed by atoms with Gasteiger partial charge in [0.05, 0.1) is 7.11 Å². The Morgan fingerprint density at radius 3 is 2.44 bits per heavy atom. The number of methoxy groups -OCH3 is 1. The fraction of sp³-hybridized carbons (Fsp3) is 0.538. The largest absolute Gasteiger partial charge is 0.496 e. The molecule has 3 heteroatoms. The molecule has 1 aromatic carbocycles. The lowest BCUT2D eigenvalue weighted by Gasteiger charge is -2.23. The summed E-state index contributed by atoms with van der Waals surface area (Å²) in [6, 6.07) is 5.91. The van der Waals surface area contributed by atoms with Crippen LogP contribution in [0.25, 0.3) is 0 Å². The smallest absolute Gasteiger partial charge is 0.122 e. The first-order valence-electron chi connectivity index (χ1n) is 5.40. The van der Waals surface area contributed by atoms with Crippen molar-refractivity contribution in [1.29, 1.82) is 0 Å². The molecule has 1 aromatic rings. The minimum Gasteiger partial charge on any atom is -0.496 e. The number of ether oxygens (including phenoxy) is 1. The summed E-state index contributed by atoms with van der Waals surface area (Å²) < 4.78 is 5.37. The molecule has 2 nitrogen and oxygen atoms in total. The fourth-order valence-corrected chi connectivity index (χ4v) is 1.81. The molecule has 1 atom stereocenters. The summed E-state index contributed by atoms with van der Waals surface area (Å²) in [5.41, 5.74) is 8.18. The van der Waals surface area contributed by atoms with Gasteiger partial charge in [0.1, 0.15) is 5.75 Å². The third-order valence-corrected chi connectivity index (χ3v) is 2.96. The maximum absolute atomic E-state index is 5.93. The number of halogens is 1. The van der Waals surface area contributed by atoms with E-state index in [1.54, 1.807) is 7.11 Å². The third-order valence-electron chi connectivity index (χ3n) is 2.63. The Morgan fingerprint density at radius 1 is 1.38 bits per heavy atom. The molecule has 0 heterocycles. The fourth-order valence-electron chi connectivity index (χ4n) is 1.63. The van der Waals surface area contributed by atoms with E-state index in [4.69, 9.17) is 22.1 Å². The molecule has 0 aliphatic carbocycles. The molecule has 0 saturated carbocycles. The molecule has 0 amide bonds. The van der Waals surface area contributed by atoms with Gasteiger partial charge in [0.2, 0.25) is 0 Å². The molecular formula is C13H20ClNO. The van der Waals surface area contributed by atoms with E-state index in [-0.39, 0.29) is 11.5 Å². The minimum atomic E-state index is -0.117. The van der Waals surface area contributed by atoms with Crippen molar-refractivity contribution in [1.82, 2.24) is 0 Å². The van der Waals surface area contributed by atoms with Gasteiger partial charge in [-0.15, -0.1) is 11.6 Å². The van der Waals surface area contributed by atoms with Gasteiger partial charge in [-0.1, -0.05) is 26.8 Å². The van der Waals surface area contributed by atoms with E-state index in [1.807, 2.05) is 12.1 Å². The number of hydrogen-bond donors (Lipinski definition) is 1. The summed E-state index contributed by atoms with van der Waals surface area (Å²) in [7, 11) is 1.69. The Morgan fingerprint density at radius 2 is 2.00 bits per heavy atom. The lowest BCUT2D eigenvalue weighted by molar-refractivity contribution is 0.397. The van der Waals surface area contributed by atoms with Gasteiger partial charge in [0.15, 0.2) is 0 Å². The van der Waals surface area contributed by atoms with Gasteiger partial charge in [-0.2, -0.15) is 0 Å². The van der Waals surface area contributed by atoms with E-state index in [2.05, 4.69) is 26.8 Å². The molecular weight excluding hydrogens is 222 g/mol. The van der Waals surface area contributed by atoms with Crippen LogP contribution < -0.4 is 10.5 Å². The van der Waals surface area contributed by atoms with E-state index in [0.717, 1.165) is 16.9 Å². The van der Waals surface area contributed by atoms with Gasteiger partial charge in [0.25, 0.3) is 0 Å². The average molecular weight is 242 g/mol. The van der Waals surface area contributed by atoms with Crippen molar-refractivity contribution in [3.8, 4) is 5.75 Å². The maximum atomic E-state index is 5.93. The standard InChI is InChI=1S/C13H20ClNO/c1-13(2,3)10-7-9(11(15)8-14)5-6-12(10)16-4/h5-7,11H,8,15H2,1-4H3. The molecule has 0 bridgehead atoms. The van der Waals surface area contributed by atoms with Crippen LogP contribution in [0.2, 0.25) is 0 Å². The van der Waals surface area contributed by atoms with E-state index < -0.39 is 0 Å². The Labute approximate surface area is 103 Å². The highest BCUT2D eigenvalue weighted by molar-refractivity contribution is 6.18. The van der Waals surface area contributed by atoms with Crippen molar-refractivity contribution in [3.05, 3.63) is 29.3 Å². The number of rotatable bonds is 3. The van der Waals surface area contributed by atoms with Crippen molar-refractivity contribution >= 4 is 11.6 Å². The zero-order valence-corrected chi connectivity index (χ0v) is 11.1. The van der Waals surface area contributed by atoms with Gasteiger partial charge in [-0.05, 0) is 28.7 Å². The summed E-state index contributed by atoms with van der Waals surface area (Å²) in [6.07, 6.45) is 0. The van der Waals surface area contributed by atoms with Crippen LogP contribution in [-0.2, 0) is 5.41 Å². The van der Waals surface area contributed by atoms with Gasteiger partial charge in [0, 0.05) is 11.9 Å². The topological polar surface area (TPSA) is 35.2 Å². The molecule has 16 heavy (non-hydrogen) atoms. The van der Waals surface area contributed by atoms with Gasteiger partial charge >= 0.3 is 0 Å². The summed E-state index contributed by atoms with van der Waals surface area (Å²) in [6.45, 7) is 6.46. The predicted octanol–water partition coefficient (Wildman–Crippen LogP) is 3.23. The van der Waals surface area contributed by atoms with Crippen LogP contribution in [-0.4, -0.2) is 13.0 Å². The molecule has 0 saturated heterocycles. The maximum Gasteiger partial charge on any atom is 0.122 e. The van der Waals surface area contributed by atoms with Crippen LogP contribution in [0.3, 0.4) is 0 Å². The van der Waals surface area contributed by atoms with Crippen LogP contribution in [0.5, 0.6) is 5.75 Å². The van der Waals surface area contributed by atoms with Gasteiger partial charge in [-0.3, -0.25) is 0 Å². The molecule has 1 rings (SSSR count). The van der Waals surface area contributed by atoms with Gasteiger partial charge in [-0.25, -0.2) is 0 Å². The Balaban J connectivity index is 3.22. The van der Waals surface area contributed by atoms with E-state index in [9.17, 15) is 0 Å². The highest BCUT2D eigenvalue weighted by atomic mass is 35.5. The van der Waals surface area contributed by atoms with Crippen molar-refractivity contribution < 1.29 is 4.74 Å². The van der Waals surface area contributed by atoms with Crippen LogP contribution in [0.15, 0.2) is 18.2 Å². The first-order valence-corrected chi connectivity index (χ1v) is 5.93. The predicted molar refractivity (Wildman–Crippen MR) is 69.3 cm³/mol. The van der Waals surface area contributed by atoms with E-state index in [0.29, 0.717) is 5.88 Å². The molecule has 0 aromatic heterocycles. The normalized spacial score (nSPS) is 13.6. The molecule has 0 aliphatic heterocycles. The molecule has 0 fully saturated rings. The lowest BCUT2D eigenvalue weighted by atomic mass is 9.85. The number of benzene rings is 1. The molecule has 90 valence electrons. The molecule has 2 N–H and O–H groups in total. The molecule has 1 unspecified atom stereocenters. The summed E-state index contributed by atoms with van der Waals surface area (Å²) in [5.74, 6) is 1.33. The third kappa shape index (κ3) is 2.89. The number of hydrogen-bond acceptors (Lipinski definition) is 2. The van der Waals surface area contributed by atoms with Crippen molar-refractivity contribution in [3.63, 3.8) is 0 Å². The first kappa shape index (κ1) is 13.3. The quantitative estimate of drug-likeness (QED) is 0.825. The number of nitrogens with two attached hydrogens (primary N) is 1. The second-order valence-electron chi connectivity index (χ2n) is 4.97. The minimum absolute atomic E-state index is 0.0351. The summed E-state index contributed by atoms with van der Waals surface area (Å²) in [5, 5.41) is 0. The Hall–Kier alpha value is -0.730. The van der Waals surface area contributed by atoms with Crippen molar-refractivity contribution in [2.75, 3.05) is 13.0 Å². The summed E-state index contributed by atoms with van der Waals surface area (Å²) >= 11 is 5.77. The zero-order chi connectivity index (χ0) is 12.3. The molecule has 0 aliphatic rings. The summed E-state index contributed by atoms with van der Waals surface area (Å²) in [4.78, 5) is 0. The lowest BCUT2D eigenvalue weighted by Crippen LogP contribution is -2.16. The molecule has 0 radical (unpaired) electrons. The van der Waals surface area contributed by atoms with Gasteiger partial charge < -0.3 is 10.5 Å². The number of alkyl halides is 1. The van der Waals surface area contributed by atoms with Crippen LogP contribution in [0.4, 0.5) is 0 Å². The van der Waals surface area contributed by atoms with E-state index >= 15 is 0 Å². The van der Waals surface area contributed by atoms with Crippen LogP contribution in [0, 0.1) is 0 Å². The van der Waals surface area contributed by atoms with Crippen LogP contribution in [0.1, 0.15) is 37.9 Å². The van der Waals surface area contributed by atoms with Crippen molar-refractivity contribution in [2.24, 2.45) is 5.73 Å². The highest BCUT2D eigenvalue weighted by Crippen LogP contribution is 2.33. The van der Waals surface area contributed by atoms with Crippen molar-refractivity contribution in [2.45, 2.75) is 32.2 Å².